The van der Waals surface area contributed by atoms with Crippen LogP contribution in [0.4, 0.5) is 0 Å². The van der Waals surface area contributed by atoms with Crippen LogP contribution >= 0.6 is 0 Å². The number of carbonyl (C=O) groups is 1. The second kappa shape index (κ2) is 12.2. The molecule has 4 fully saturated rings. The molecule has 5 aliphatic carbocycles. The van der Waals surface area contributed by atoms with Gasteiger partial charge in [-0.1, -0.05) is 90.2 Å². The van der Waals surface area contributed by atoms with E-state index < -0.39 is 0 Å². The molecule has 5 aliphatic rings. The zero-order valence-electron chi connectivity index (χ0n) is 24.7. The minimum absolute atomic E-state index is 0.0885. The fourth-order valence-corrected chi connectivity index (χ4v) is 10.3. The maximum Gasteiger partial charge on any atom is 0.306 e. The summed E-state index contributed by atoms with van der Waals surface area (Å²) in [5, 5.41) is 0. The quantitative estimate of drug-likeness (QED) is 0.166. The summed E-state index contributed by atoms with van der Waals surface area (Å²) >= 11 is 0. The Hall–Kier alpha value is -0.790. The molecule has 0 aliphatic heterocycles. The van der Waals surface area contributed by atoms with Crippen LogP contribution in [0.25, 0.3) is 0 Å². The maximum atomic E-state index is 12.7. The van der Waals surface area contributed by atoms with Crippen LogP contribution in [0.1, 0.15) is 156 Å². The highest BCUT2D eigenvalue weighted by Gasteiger charge is 2.58. The van der Waals surface area contributed by atoms with Gasteiger partial charge in [0.1, 0.15) is 6.10 Å². The van der Waals surface area contributed by atoms with Crippen molar-refractivity contribution < 1.29 is 9.53 Å². The van der Waals surface area contributed by atoms with Gasteiger partial charge in [-0.05, 0) is 105 Å². The van der Waals surface area contributed by atoms with Crippen LogP contribution in [0.2, 0.25) is 0 Å². The highest BCUT2D eigenvalue weighted by Crippen LogP contribution is 2.66. The van der Waals surface area contributed by atoms with Crippen LogP contribution < -0.4 is 0 Å². The van der Waals surface area contributed by atoms with E-state index in [1.165, 1.54) is 116 Å². The van der Waals surface area contributed by atoms with Gasteiger partial charge in [0.15, 0.2) is 0 Å². The summed E-state index contributed by atoms with van der Waals surface area (Å²) in [6, 6.07) is 0. The van der Waals surface area contributed by atoms with Crippen molar-refractivity contribution in [3.05, 3.63) is 11.6 Å². The fraction of sp³-hybridized carbons (Fsp3) is 0.914. The van der Waals surface area contributed by atoms with Crippen molar-refractivity contribution in [1.29, 1.82) is 0 Å². The van der Waals surface area contributed by atoms with E-state index >= 15 is 0 Å². The lowest BCUT2D eigenvalue weighted by Crippen LogP contribution is -2.50. The van der Waals surface area contributed by atoms with Crippen LogP contribution in [0.3, 0.4) is 0 Å². The number of allylic oxidation sites excluding steroid dienone is 1. The van der Waals surface area contributed by atoms with Gasteiger partial charge in [0, 0.05) is 12.8 Å². The standard InChI is InChI=1S/C35H58O2/c1-4-5-6-7-8-12-15-27-17-19-31-30-18-16-28-25-29(37-33(36)24-26-13-10-9-11-14-26)20-22-35(28,3)32(30)21-23-34(27,31)2/h16,26-27,29-32H,4-15,17-25H2,1-3H3/t27-,29+,30+,31-,32-,34-,35+/m1/s1. The van der Waals surface area contributed by atoms with Gasteiger partial charge in [0.05, 0.1) is 0 Å². The van der Waals surface area contributed by atoms with E-state index in [-0.39, 0.29) is 12.1 Å². The Morgan fingerprint density at radius 2 is 1.68 bits per heavy atom. The Labute approximate surface area is 229 Å². The average molecular weight is 511 g/mol. The second-order valence-corrected chi connectivity index (χ2v) is 14.7. The van der Waals surface area contributed by atoms with E-state index in [2.05, 4.69) is 26.8 Å². The predicted molar refractivity (Wildman–Crippen MR) is 154 cm³/mol. The molecule has 0 N–H and O–H groups in total. The van der Waals surface area contributed by atoms with Gasteiger partial charge >= 0.3 is 5.97 Å². The molecule has 5 rings (SSSR count). The van der Waals surface area contributed by atoms with Gasteiger partial charge in [0.2, 0.25) is 0 Å². The van der Waals surface area contributed by atoms with E-state index in [1.54, 1.807) is 5.57 Å². The zero-order chi connectivity index (χ0) is 25.9. The van der Waals surface area contributed by atoms with Crippen molar-refractivity contribution in [3.63, 3.8) is 0 Å². The molecule has 4 saturated carbocycles. The molecule has 0 bridgehead atoms. The number of rotatable bonds is 10. The Kier molecular flexibility index (Phi) is 9.13. The van der Waals surface area contributed by atoms with E-state index in [1.807, 2.05) is 0 Å². The van der Waals surface area contributed by atoms with E-state index in [0.717, 1.165) is 36.5 Å². The summed E-state index contributed by atoms with van der Waals surface area (Å²) in [6.07, 6.45) is 30.4. The number of hydrogen-bond acceptors (Lipinski definition) is 2. The Morgan fingerprint density at radius 3 is 2.49 bits per heavy atom. The first kappa shape index (κ1) is 27.8. The number of hydrogen-bond donors (Lipinski definition) is 0. The molecule has 7 atom stereocenters. The van der Waals surface area contributed by atoms with Gasteiger partial charge in [-0.2, -0.15) is 0 Å². The van der Waals surface area contributed by atoms with Gasteiger partial charge in [-0.15, -0.1) is 0 Å². The summed E-state index contributed by atoms with van der Waals surface area (Å²) in [6.45, 7) is 7.62. The number of ether oxygens (including phenoxy) is 1. The first-order valence-corrected chi connectivity index (χ1v) is 16.8. The second-order valence-electron chi connectivity index (χ2n) is 14.7. The molecule has 0 aromatic heterocycles. The van der Waals surface area contributed by atoms with Crippen molar-refractivity contribution in [2.24, 2.45) is 40.4 Å². The van der Waals surface area contributed by atoms with Crippen LogP contribution in [-0.4, -0.2) is 12.1 Å². The molecule has 0 aromatic rings. The molecule has 0 amide bonds. The fourth-order valence-electron chi connectivity index (χ4n) is 10.3. The summed E-state index contributed by atoms with van der Waals surface area (Å²) < 4.78 is 6.11. The van der Waals surface area contributed by atoms with Crippen LogP contribution in [0.15, 0.2) is 11.6 Å². The maximum absolute atomic E-state index is 12.7. The van der Waals surface area contributed by atoms with Crippen molar-refractivity contribution in [3.8, 4) is 0 Å². The van der Waals surface area contributed by atoms with Gasteiger partial charge in [-0.25, -0.2) is 0 Å². The van der Waals surface area contributed by atoms with Crippen LogP contribution in [0.5, 0.6) is 0 Å². The smallest absolute Gasteiger partial charge is 0.306 e. The molecular formula is C35H58O2. The first-order valence-electron chi connectivity index (χ1n) is 16.8. The minimum Gasteiger partial charge on any atom is -0.462 e. The molecule has 2 nitrogen and oxygen atoms in total. The molecule has 0 saturated heterocycles. The number of esters is 1. The molecule has 0 unspecified atom stereocenters. The van der Waals surface area contributed by atoms with Gasteiger partial charge in [0.25, 0.3) is 0 Å². The lowest BCUT2D eigenvalue weighted by atomic mass is 9.47. The number of unbranched alkanes of at least 4 members (excludes halogenated alkanes) is 5. The normalized spacial score (nSPS) is 39.9. The highest BCUT2D eigenvalue weighted by molar-refractivity contribution is 5.70. The third kappa shape index (κ3) is 5.89. The monoisotopic (exact) mass is 510 g/mol. The number of carbonyl (C=O) groups excluding carboxylic acids is 1. The third-order valence-corrected chi connectivity index (χ3v) is 12.6. The predicted octanol–water partition coefficient (Wildman–Crippen LogP) is 10.2. The largest absolute Gasteiger partial charge is 0.462 e. The minimum atomic E-state index is 0.0885. The summed E-state index contributed by atoms with van der Waals surface area (Å²) in [4.78, 5) is 12.7. The summed E-state index contributed by atoms with van der Waals surface area (Å²) in [5.74, 6) is 4.34. The van der Waals surface area contributed by atoms with Gasteiger partial charge in [-0.3, -0.25) is 4.79 Å². The van der Waals surface area contributed by atoms with E-state index in [9.17, 15) is 4.79 Å². The van der Waals surface area contributed by atoms with Crippen molar-refractivity contribution >= 4 is 5.97 Å². The molecule has 210 valence electrons. The molecule has 2 heteroatoms. The highest BCUT2D eigenvalue weighted by atomic mass is 16.5. The zero-order valence-corrected chi connectivity index (χ0v) is 24.7. The molecule has 0 heterocycles. The molecule has 0 spiro atoms. The Bertz CT molecular complexity index is 793. The molecule has 0 aromatic carbocycles. The third-order valence-electron chi connectivity index (χ3n) is 12.6. The number of fused-ring (bicyclic) bond motifs is 5. The SMILES string of the molecule is CCCCCCCC[C@@H]1CC[C@@H]2[C@@H]3CC=C4C[C@@H](OC(=O)CC5CCCCC5)CC[C@]4(C)[C@@H]3CC[C@]12C. The van der Waals surface area contributed by atoms with Crippen molar-refractivity contribution in [2.45, 2.75) is 162 Å². The Morgan fingerprint density at radius 1 is 0.892 bits per heavy atom. The van der Waals surface area contributed by atoms with Crippen molar-refractivity contribution in [2.75, 3.05) is 0 Å². The lowest BCUT2D eigenvalue weighted by molar-refractivity contribution is -0.152. The summed E-state index contributed by atoms with van der Waals surface area (Å²) in [5.41, 5.74) is 2.60. The lowest BCUT2D eigenvalue weighted by Gasteiger charge is -2.58. The van der Waals surface area contributed by atoms with E-state index in [4.69, 9.17) is 4.74 Å². The summed E-state index contributed by atoms with van der Waals surface area (Å²) in [7, 11) is 0. The van der Waals surface area contributed by atoms with Crippen molar-refractivity contribution in [1.82, 2.24) is 0 Å². The molecular weight excluding hydrogens is 452 g/mol. The first-order chi connectivity index (χ1) is 17.9. The van der Waals surface area contributed by atoms with Crippen LogP contribution in [-0.2, 0) is 9.53 Å². The Balaban J connectivity index is 1.16. The molecule has 37 heavy (non-hydrogen) atoms. The van der Waals surface area contributed by atoms with E-state index in [0.29, 0.717) is 23.2 Å². The van der Waals surface area contributed by atoms with Gasteiger partial charge < -0.3 is 4.74 Å². The topological polar surface area (TPSA) is 26.3 Å². The van der Waals surface area contributed by atoms with Crippen LogP contribution in [0, 0.1) is 40.4 Å². The average Bonchev–Trinajstić information content (AvgIpc) is 3.23. The molecule has 0 radical (unpaired) electrons.